The fourth-order valence-electron chi connectivity index (χ4n) is 3.50. The smallest absolute Gasteiger partial charge is 0.307 e. The lowest BCUT2D eigenvalue weighted by Crippen LogP contribution is -2.05. The highest BCUT2D eigenvalue weighted by Gasteiger charge is 2.14. The summed E-state index contributed by atoms with van der Waals surface area (Å²) < 4.78 is 38.5. The molecule has 0 spiro atoms. The summed E-state index contributed by atoms with van der Waals surface area (Å²) in [4.78, 5) is 11.1. The third-order valence-corrected chi connectivity index (χ3v) is 4.88. The summed E-state index contributed by atoms with van der Waals surface area (Å²) in [5.74, 6) is -1.36. The second-order valence-corrected chi connectivity index (χ2v) is 7.13. The van der Waals surface area contributed by atoms with Gasteiger partial charge in [0.2, 0.25) is 0 Å². The third-order valence-electron chi connectivity index (χ3n) is 4.88. The van der Waals surface area contributed by atoms with Gasteiger partial charge >= 0.3 is 5.97 Å². The van der Waals surface area contributed by atoms with Crippen LogP contribution in [0.15, 0.2) is 65.1 Å². The van der Waals surface area contributed by atoms with Crippen LogP contribution in [-0.4, -0.2) is 11.1 Å². The molecule has 0 saturated heterocycles. The molecule has 0 amide bonds. The molecule has 0 unspecified atom stereocenters. The van der Waals surface area contributed by atoms with Crippen molar-refractivity contribution in [2.24, 2.45) is 5.73 Å². The number of hydrogen-bond donors (Lipinski definition) is 2. The van der Waals surface area contributed by atoms with Crippen molar-refractivity contribution in [3.63, 3.8) is 0 Å². The van der Waals surface area contributed by atoms with Gasteiger partial charge in [-0.1, -0.05) is 32.0 Å². The average molecular weight is 453 g/mol. The molecule has 0 radical (unpaired) electrons. The van der Waals surface area contributed by atoms with Crippen LogP contribution in [0, 0.1) is 11.8 Å². The predicted molar refractivity (Wildman–Crippen MR) is 123 cm³/mol. The highest BCUT2D eigenvalue weighted by Crippen LogP contribution is 2.33. The molecule has 4 aromatic rings. The van der Waals surface area contributed by atoms with Crippen molar-refractivity contribution in [2.75, 3.05) is 0 Å². The van der Waals surface area contributed by atoms with Crippen molar-refractivity contribution in [2.45, 2.75) is 33.4 Å². The third kappa shape index (κ3) is 5.75. The largest absolute Gasteiger partial charge is 0.489 e. The van der Waals surface area contributed by atoms with Crippen molar-refractivity contribution < 1.29 is 27.8 Å². The Labute approximate surface area is 190 Å². The molecule has 0 bridgehead atoms. The summed E-state index contributed by atoms with van der Waals surface area (Å²) in [6.07, 6.45) is -0.365. The van der Waals surface area contributed by atoms with Gasteiger partial charge in [0.15, 0.2) is 0 Å². The standard InChI is InChI=1S/C24H19F2NO4.C2H6/c25-19-4-5-21(17(9-19)11-23(28)29)30-13-15-7-18-10-22(26)31-24(18)20(8-15)16-3-1-2-14(6-16)12-27;1-2/h1-10H,11-13,27H2,(H,28,29);1-2H3. The zero-order valence-corrected chi connectivity index (χ0v) is 18.4. The van der Waals surface area contributed by atoms with Crippen molar-refractivity contribution in [3.8, 4) is 16.9 Å². The van der Waals surface area contributed by atoms with Gasteiger partial charge in [-0.2, -0.15) is 4.39 Å². The number of aliphatic carboxylic acids is 1. The van der Waals surface area contributed by atoms with Gasteiger partial charge < -0.3 is 20.0 Å². The number of carboxylic acid groups (broad SMARTS) is 1. The zero-order chi connectivity index (χ0) is 24.0. The predicted octanol–water partition coefficient (Wildman–Crippen LogP) is 6.07. The van der Waals surface area contributed by atoms with Crippen LogP contribution in [0.3, 0.4) is 0 Å². The van der Waals surface area contributed by atoms with Crippen LogP contribution in [0.4, 0.5) is 8.78 Å². The molecule has 3 N–H and O–H groups in total. The van der Waals surface area contributed by atoms with Crippen LogP contribution >= 0.6 is 0 Å². The summed E-state index contributed by atoms with van der Waals surface area (Å²) in [5.41, 5.74) is 9.52. The monoisotopic (exact) mass is 453 g/mol. The molecule has 7 heteroatoms. The minimum atomic E-state index is -1.09. The first-order chi connectivity index (χ1) is 15.9. The molecule has 5 nitrogen and oxygen atoms in total. The number of rotatable bonds is 7. The van der Waals surface area contributed by atoms with Crippen LogP contribution in [0.5, 0.6) is 5.75 Å². The first-order valence-electron chi connectivity index (χ1n) is 10.6. The van der Waals surface area contributed by atoms with Crippen molar-refractivity contribution >= 4 is 16.9 Å². The van der Waals surface area contributed by atoms with Crippen molar-refractivity contribution in [3.05, 3.63) is 89.2 Å². The van der Waals surface area contributed by atoms with E-state index in [9.17, 15) is 13.6 Å². The van der Waals surface area contributed by atoms with Crippen molar-refractivity contribution in [1.82, 2.24) is 0 Å². The Morgan fingerprint density at radius 1 is 1.03 bits per heavy atom. The van der Waals surface area contributed by atoms with E-state index in [-0.39, 0.29) is 24.3 Å². The van der Waals surface area contributed by atoms with E-state index in [2.05, 4.69) is 0 Å². The minimum Gasteiger partial charge on any atom is -0.489 e. The molecule has 0 aliphatic carbocycles. The fraction of sp³-hybridized carbons (Fsp3) is 0.192. The zero-order valence-electron chi connectivity index (χ0n) is 18.4. The average Bonchev–Trinajstić information content (AvgIpc) is 3.19. The number of halogens is 2. The fourth-order valence-corrected chi connectivity index (χ4v) is 3.50. The maximum absolute atomic E-state index is 13.8. The van der Waals surface area contributed by atoms with Crippen LogP contribution in [0.25, 0.3) is 22.1 Å². The van der Waals surface area contributed by atoms with E-state index in [1.165, 1.54) is 18.2 Å². The second-order valence-electron chi connectivity index (χ2n) is 7.13. The number of carbonyl (C=O) groups is 1. The Kier molecular flexibility index (Phi) is 7.79. The summed E-state index contributed by atoms with van der Waals surface area (Å²) in [6.45, 7) is 4.44. The number of ether oxygens (including phenoxy) is 1. The van der Waals surface area contributed by atoms with Gasteiger partial charge in [0.25, 0.3) is 6.01 Å². The van der Waals surface area contributed by atoms with Crippen LogP contribution in [-0.2, 0) is 24.4 Å². The Morgan fingerprint density at radius 3 is 2.55 bits per heavy atom. The molecule has 4 rings (SSSR count). The normalized spacial score (nSPS) is 10.6. The summed E-state index contributed by atoms with van der Waals surface area (Å²) in [7, 11) is 0. The SMILES string of the molecule is CC.NCc1cccc(-c2cc(COc3ccc(F)cc3CC(=O)O)cc3cc(F)oc23)c1. The number of furan rings is 1. The number of benzene rings is 3. The van der Waals surface area contributed by atoms with Gasteiger partial charge in [-0.25, -0.2) is 4.39 Å². The van der Waals surface area contributed by atoms with E-state index in [1.54, 1.807) is 6.07 Å². The van der Waals surface area contributed by atoms with E-state index in [0.29, 0.717) is 28.6 Å². The highest BCUT2D eigenvalue weighted by atomic mass is 19.1. The summed E-state index contributed by atoms with van der Waals surface area (Å²) >= 11 is 0. The Bertz CT molecular complexity index is 1270. The minimum absolute atomic E-state index is 0.0740. The number of hydrogen-bond acceptors (Lipinski definition) is 4. The molecule has 33 heavy (non-hydrogen) atoms. The molecule has 0 aliphatic heterocycles. The molecular formula is C26H25F2NO4. The maximum atomic E-state index is 13.8. The van der Waals surface area contributed by atoms with Gasteiger partial charge in [-0.3, -0.25) is 4.79 Å². The summed E-state index contributed by atoms with van der Waals surface area (Å²) in [5, 5.41) is 9.63. The first-order valence-corrected chi connectivity index (χ1v) is 10.6. The molecule has 0 aliphatic rings. The van der Waals surface area contributed by atoms with Gasteiger partial charge in [-0.05, 0) is 53.1 Å². The summed E-state index contributed by atoms with van der Waals surface area (Å²) in [6, 6.07) is 15.4. The molecule has 0 atom stereocenters. The van der Waals surface area contributed by atoms with Gasteiger partial charge in [-0.15, -0.1) is 0 Å². The van der Waals surface area contributed by atoms with Crippen LogP contribution < -0.4 is 10.5 Å². The quantitative estimate of drug-likeness (QED) is 0.355. The lowest BCUT2D eigenvalue weighted by atomic mass is 9.99. The highest BCUT2D eigenvalue weighted by molar-refractivity contribution is 5.93. The lowest BCUT2D eigenvalue weighted by molar-refractivity contribution is -0.136. The van der Waals surface area contributed by atoms with Gasteiger partial charge in [0, 0.05) is 29.1 Å². The topological polar surface area (TPSA) is 85.7 Å². The lowest BCUT2D eigenvalue weighted by Gasteiger charge is -2.12. The number of nitrogens with two attached hydrogens (primary N) is 1. The second kappa shape index (κ2) is 10.7. The van der Waals surface area contributed by atoms with Crippen LogP contribution in [0.2, 0.25) is 0 Å². The van der Waals surface area contributed by atoms with E-state index in [4.69, 9.17) is 20.0 Å². The number of fused-ring (bicyclic) bond motifs is 1. The molecule has 172 valence electrons. The Morgan fingerprint density at radius 2 is 1.82 bits per heavy atom. The Balaban J connectivity index is 0.00000149. The van der Waals surface area contributed by atoms with Crippen molar-refractivity contribution in [1.29, 1.82) is 0 Å². The maximum Gasteiger partial charge on any atom is 0.307 e. The van der Waals surface area contributed by atoms with Crippen LogP contribution in [0.1, 0.15) is 30.5 Å². The van der Waals surface area contributed by atoms with Gasteiger partial charge in [0.05, 0.1) is 6.42 Å². The molecular weight excluding hydrogens is 428 g/mol. The van der Waals surface area contributed by atoms with E-state index in [1.807, 2.05) is 44.2 Å². The molecule has 0 saturated carbocycles. The number of carboxylic acids is 1. The first kappa shape index (κ1) is 23.9. The Hall–Kier alpha value is -3.71. The molecule has 1 aromatic heterocycles. The molecule has 0 fully saturated rings. The van der Waals surface area contributed by atoms with E-state index >= 15 is 0 Å². The molecule has 1 heterocycles. The van der Waals surface area contributed by atoms with E-state index < -0.39 is 17.8 Å². The van der Waals surface area contributed by atoms with E-state index in [0.717, 1.165) is 17.2 Å². The molecule has 3 aromatic carbocycles. The van der Waals surface area contributed by atoms with Gasteiger partial charge in [0.1, 0.15) is 23.8 Å².